The number of ether oxygens (including phenoxy) is 2. The highest BCUT2D eigenvalue weighted by Crippen LogP contribution is 2.43. The molecule has 6 aromatic rings. The molecule has 2 N–H and O–H groups in total. The topological polar surface area (TPSA) is 323 Å². The van der Waals surface area contributed by atoms with Crippen molar-refractivity contribution in [2.24, 2.45) is 0 Å². The van der Waals surface area contributed by atoms with Gasteiger partial charge in [0.25, 0.3) is 0 Å². The number of rotatable bonds is 20. The number of nitrogens with zero attached hydrogens (tertiary/aromatic N) is 16. The molecule has 28 nitrogen and oxygen atoms in total. The molecule has 0 saturated carbocycles. The van der Waals surface area contributed by atoms with Gasteiger partial charge >= 0.3 is 23.3 Å². The van der Waals surface area contributed by atoms with Gasteiger partial charge in [-0.05, 0) is 84.6 Å². The fourth-order valence-corrected chi connectivity index (χ4v) is 9.10. The first kappa shape index (κ1) is 57.5. The fourth-order valence-electron chi connectivity index (χ4n) is 9.10. The number of piperidine rings is 2. The minimum atomic E-state index is -1.82. The number of carbonyl (C=O) groups excluding carboxylic acids is 2. The van der Waals surface area contributed by atoms with Gasteiger partial charge in [0.2, 0.25) is 35.4 Å². The van der Waals surface area contributed by atoms with Crippen molar-refractivity contribution in [3.05, 3.63) is 105 Å². The average molecular weight is 1060 g/mol. The molecule has 0 unspecified atom stereocenters. The van der Waals surface area contributed by atoms with Crippen LogP contribution in [-0.4, -0.2) is 157 Å². The summed E-state index contributed by atoms with van der Waals surface area (Å²) in [5, 5.41) is 47.5. The summed E-state index contributed by atoms with van der Waals surface area (Å²) < 4.78 is 27.8. The fraction of sp³-hybridized carbons (Fsp3) is 0.542. The Morgan fingerprint density at radius 1 is 0.539 bits per heavy atom. The van der Waals surface area contributed by atoms with E-state index in [1.165, 1.54) is 18.7 Å². The molecule has 8 rings (SSSR count). The van der Waals surface area contributed by atoms with E-state index in [1.807, 2.05) is 98.2 Å². The highest BCUT2D eigenvalue weighted by molar-refractivity contribution is 6.27. The van der Waals surface area contributed by atoms with Crippen molar-refractivity contribution in [2.45, 2.75) is 117 Å². The van der Waals surface area contributed by atoms with E-state index < -0.39 is 23.0 Å². The highest BCUT2D eigenvalue weighted by atomic mass is 16.5. The second-order valence-corrected chi connectivity index (χ2v) is 17.7. The van der Waals surface area contributed by atoms with Gasteiger partial charge in [-0.3, -0.25) is 19.4 Å². The summed E-state index contributed by atoms with van der Waals surface area (Å²) >= 11 is 0. The van der Waals surface area contributed by atoms with Crippen molar-refractivity contribution in [2.75, 3.05) is 63.3 Å². The largest absolute Gasteiger partial charge is 0.473 e. The summed E-state index contributed by atoms with van der Waals surface area (Å²) in [6.07, 6.45) is 3.07. The number of aromatic nitrogens is 12. The zero-order valence-electron chi connectivity index (χ0n) is 43.6. The van der Waals surface area contributed by atoms with Crippen LogP contribution in [0.1, 0.15) is 89.8 Å². The van der Waals surface area contributed by atoms with Crippen LogP contribution in [-0.2, 0) is 79.1 Å². The Labute approximate surface area is 436 Å². The number of aryl methyl sites for hydroxylation is 2. The summed E-state index contributed by atoms with van der Waals surface area (Å²) in [4.78, 5) is 77.5. The lowest BCUT2D eigenvalue weighted by Gasteiger charge is -2.46. The number of carboxylic acids is 2. The number of methoxy groups -OCH3 is 2. The minimum absolute atomic E-state index is 0.0149. The van der Waals surface area contributed by atoms with Crippen LogP contribution in [0, 0.1) is 0 Å². The molecule has 0 aliphatic carbocycles. The first-order valence-corrected chi connectivity index (χ1v) is 25.0. The summed E-state index contributed by atoms with van der Waals surface area (Å²) in [5.41, 5.74) is -0.402. The van der Waals surface area contributed by atoms with E-state index in [-0.39, 0.29) is 36.4 Å². The lowest BCUT2D eigenvalue weighted by molar-refractivity contribution is -0.159. The zero-order valence-corrected chi connectivity index (χ0v) is 43.6. The molecule has 2 aliphatic heterocycles. The van der Waals surface area contributed by atoms with Gasteiger partial charge in [-0.15, -0.1) is 20.4 Å². The van der Waals surface area contributed by atoms with E-state index in [4.69, 9.17) is 38.1 Å². The molecule has 2 aromatic carbocycles. The van der Waals surface area contributed by atoms with E-state index in [9.17, 15) is 19.2 Å². The summed E-state index contributed by atoms with van der Waals surface area (Å²) in [6.45, 7) is 13.7. The van der Waals surface area contributed by atoms with Gasteiger partial charge in [-0.2, -0.15) is 18.7 Å². The predicted octanol–water partition coefficient (Wildman–Crippen LogP) is 2.00. The second-order valence-electron chi connectivity index (χ2n) is 17.7. The Kier molecular flexibility index (Phi) is 20.5. The van der Waals surface area contributed by atoms with E-state index in [1.54, 1.807) is 14.2 Å². The average Bonchev–Trinajstić information content (AvgIpc) is 4.28. The molecule has 2 amide bonds. The van der Waals surface area contributed by atoms with E-state index >= 15 is 0 Å². The number of para-hydroxylation sites is 2. The Morgan fingerprint density at radius 3 is 1.17 bits per heavy atom. The molecule has 2 aliphatic rings. The van der Waals surface area contributed by atoms with Crippen molar-refractivity contribution in [1.29, 1.82) is 0 Å². The van der Waals surface area contributed by atoms with Crippen LogP contribution in [0.3, 0.4) is 0 Å². The summed E-state index contributed by atoms with van der Waals surface area (Å²) in [7, 11) is 3.14. The molecule has 2 saturated heterocycles. The van der Waals surface area contributed by atoms with E-state index in [2.05, 4.69) is 51.0 Å². The number of hydrogen-bond donors (Lipinski definition) is 2. The van der Waals surface area contributed by atoms with Crippen LogP contribution in [0.5, 0.6) is 0 Å². The Balaban J connectivity index is 0.000000223. The molecule has 2 fully saturated rings. The number of hydrogen-bond acceptors (Lipinski definition) is 20. The maximum atomic E-state index is 13.3. The molecule has 4 aromatic heterocycles. The smallest absolute Gasteiger partial charge is 0.414 e. The summed E-state index contributed by atoms with van der Waals surface area (Å²) in [5.74, 6) is -2.10. The number of tetrazole rings is 2. The van der Waals surface area contributed by atoms with E-state index in [0.717, 1.165) is 11.4 Å². The normalized spacial score (nSPS) is 15.2. The molecule has 0 spiro atoms. The van der Waals surface area contributed by atoms with Gasteiger partial charge in [0.15, 0.2) is 0 Å². The number of aliphatic carboxylic acids is 2. The third-order valence-electron chi connectivity index (χ3n) is 13.1. The van der Waals surface area contributed by atoms with Crippen molar-refractivity contribution in [1.82, 2.24) is 69.8 Å². The number of likely N-dealkylation sites (tertiary alicyclic amines) is 2. The first-order chi connectivity index (χ1) is 36.7. The molecule has 0 radical (unpaired) electrons. The number of benzene rings is 2. The molecule has 28 heteroatoms. The van der Waals surface area contributed by atoms with Crippen LogP contribution in [0.4, 0.5) is 11.4 Å². The number of carbonyl (C=O) groups is 4. The highest BCUT2D eigenvalue weighted by Gasteiger charge is 2.50. The Morgan fingerprint density at radius 2 is 0.882 bits per heavy atom. The number of anilines is 2. The third kappa shape index (κ3) is 13.5. The minimum Gasteiger partial charge on any atom is -0.473 e. The quantitative estimate of drug-likeness (QED) is 0.103. The van der Waals surface area contributed by atoms with Crippen molar-refractivity contribution in [3.8, 4) is 0 Å². The maximum absolute atomic E-state index is 13.3. The van der Waals surface area contributed by atoms with Gasteiger partial charge in [0.05, 0.1) is 13.1 Å². The zero-order chi connectivity index (χ0) is 54.8. The van der Waals surface area contributed by atoms with Crippen LogP contribution in [0.25, 0.3) is 0 Å². The Hall–Kier alpha value is -7.82. The lowest BCUT2D eigenvalue weighted by Crippen LogP contribution is -2.56. The number of carboxylic acid groups (broad SMARTS) is 2. The first-order valence-electron chi connectivity index (χ1n) is 25.0. The number of amides is 2. The van der Waals surface area contributed by atoms with Crippen LogP contribution in [0.15, 0.2) is 79.1 Å². The van der Waals surface area contributed by atoms with Gasteiger partial charge in [-0.25, -0.2) is 19.2 Å². The van der Waals surface area contributed by atoms with Crippen LogP contribution in [0.2, 0.25) is 0 Å². The standard InChI is InChI=1S/2C23H32N8O4.C2H2O4/c2*1-4-20(32)31(18-9-7-6-8-10-18)23(21-25-24-19(35-21)17-34-3)11-13-28(14-12-23)15-16-30-22(33)29(5-2)26-27-30;3-1(4)2(5)6/h2*6-10H,4-5,11-17H2,1-3H3;(H,3,4)(H,5,6). The molecule has 0 atom stereocenters. The Bertz CT molecular complexity index is 2720. The van der Waals surface area contributed by atoms with Crippen molar-refractivity contribution < 1.29 is 47.7 Å². The van der Waals surface area contributed by atoms with E-state index in [0.29, 0.717) is 128 Å². The molecule has 0 bridgehead atoms. The molecular formula is C48H66N16O12. The van der Waals surface area contributed by atoms with Crippen molar-refractivity contribution in [3.63, 3.8) is 0 Å². The predicted molar refractivity (Wildman–Crippen MR) is 268 cm³/mol. The summed E-state index contributed by atoms with van der Waals surface area (Å²) in [6, 6.07) is 19.2. The monoisotopic (exact) mass is 1060 g/mol. The molecular weight excluding hydrogens is 993 g/mol. The maximum Gasteiger partial charge on any atom is 0.414 e. The van der Waals surface area contributed by atoms with Gasteiger partial charge in [-0.1, -0.05) is 50.2 Å². The molecule has 76 heavy (non-hydrogen) atoms. The van der Waals surface area contributed by atoms with Crippen LogP contribution < -0.4 is 21.2 Å². The van der Waals surface area contributed by atoms with Crippen molar-refractivity contribution >= 4 is 35.1 Å². The SMILES string of the molecule is CCC(=O)N(c1ccccc1)C1(c2nnc(COC)o2)CCN(CCn2nnn(CC)c2=O)CC1.CCC(=O)N(c1ccccc1)C1(c2nnc(COC)o2)CCN(CCn2nnn(CC)c2=O)CC1.O=C(O)C(=O)O. The lowest BCUT2D eigenvalue weighted by atomic mass is 9.84. The second kappa shape index (κ2) is 27.1. The van der Waals surface area contributed by atoms with Crippen LogP contribution >= 0.6 is 0 Å². The molecule has 6 heterocycles. The van der Waals surface area contributed by atoms with Gasteiger partial charge in [0.1, 0.15) is 24.3 Å². The third-order valence-corrected chi connectivity index (χ3v) is 13.1. The van der Waals surface area contributed by atoms with Gasteiger partial charge < -0.3 is 38.3 Å². The van der Waals surface area contributed by atoms with Gasteiger partial charge in [0, 0.05) is 90.8 Å². The molecule has 410 valence electrons.